The van der Waals surface area contributed by atoms with E-state index in [4.69, 9.17) is 4.52 Å². The third-order valence-corrected chi connectivity index (χ3v) is 4.88. The smallest absolute Gasteiger partial charge is 0.227 e. The number of carbonyl (C=O) groups is 1. The number of piperazine rings is 1. The number of amides is 1. The Labute approximate surface area is 162 Å². The van der Waals surface area contributed by atoms with Gasteiger partial charge in [-0.15, -0.1) is 0 Å². The normalized spacial score (nSPS) is 14.3. The first-order valence-electron chi connectivity index (χ1n) is 9.35. The number of aryl methyl sites for hydroxylation is 1. The van der Waals surface area contributed by atoms with Crippen LogP contribution in [-0.2, 0) is 11.2 Å². The van der Waals surface area contributed by atoms with E-state index < -0.39 is 0 Å². The van der Waals surface area contributed by atoms with Gasteiger partial charge in [0.05, 0.1) is 0 Å². The van der Waals surface area contributed by atoms with Crippen LogP contribution in [0.1, 0.15) is 12.3 Å². The summed E-state index contributed by atoms with van der Waals surface area (Å²) in [6.45, 7) is 3.06. The highest BCUT2D eigenvalue weighted by Gasteiger charge is 2.21. The number of hydrogen-bond acceptors (Lipinski definition) is 5. The number of para-hydroxylation sites is 1. The molecule has 0 saturated carbocycles. The Morgan fingerprint density at radius 1 is 1.00 bits per heavy atom. The predicted molar refractivity (Wildman–Crippen MR) is 103 cm³/mol. The maximum atomic E-state index is 13.0. The SMILES string of the molecule is O=C(CCc1nc(-c2ccc(F)cc2)no1)N1CCN(c2ccccc2)CC1. The summed E-state index contributed by atoms with van der Waals surface area (Å²) >= 11 is 0. The zero-order chi connectivity index (χ0) is 19.3. The minimum atomic E-state index is -0.314. The fraction of sp³-hybridized carbons (Fsp3) is 0.286. The number of anilines is 1. The molecule has 1 aromatic heterocycles. The summed E-state index contributed by atoms with van der Waals surface area (Å²) in [5, 5.41) is 3.91. The van der Waals surface area contributed by atoms with Crippen LogP contribution in [0.4, 0.5) is 10.1 Å². The van der Waals surface area contributed by atoms with Crippen LogP contribution < -0.4 is 4.90 Å². The Hall–Kier alpha value is -3.22. The second-order valence-electron chi connectivity index (χ2n) is 6.72. The van der Waals surface area contributed by atoms with E-state index in [-0.39, 0.29) is 11.7 Å². The van der Waals surface area contributed by atoms with Crippen LogP contribution in [0.5, 0.6) is 0 Å². The van der Waals surface area contributed by atoms with Crippen molar-refractivity contribution >= 4 is 11.6 Å². The molecule has 0 spiro atoms. The molecule has 6 nitrogen and oxygen atoms in total. The van der Waals surface area contributed by atoms with Crippen LogP contribution in [0.2, 0.25) is 0 Å². The Balaban J connectivity index is 1.28. The molecule has 3 aromatic rings. The molecule has 1 saturated heterocycles. The van der Waals surface area contributed by atoms with Crippen LogP contribution in [-0.4, -0.2) is 47.1 Å². The van der Waals surface area contributed by atoms with Crippen LogP contribution in [0, 0.1) is 5.82 Å². The predicted octanol–water partition coefficient (Wildman–Crippen LogP) is 3.16. The van der Waals surface area contributed by atoms with Crippen molar-refractivity contribution in [3.05, 3.63) is 66.3 Å². The molecule has 0 bridgehead atoms. The molecule has 1 aliphatic heterocycles. The van der Waals surface area contributed by atoms with Gasteiger partial charge < -0.3 is 14.3 Å². The highest BCUT2D eigenvalue weighted by molar-refractivity contribution is 5.76. The van der Waals surface area contributed by atoms with Gasteiger partial charge in [0.25, 0.3) is 0 Å². The van der Waals surface area contributed by atoms with E-state index in [0.717, 1.165) is 13.1 Å². The number of hydrogen-bond donors (Lipinski definition) is 0. The maximum Gasteiger partial charge on any atom is 0.227 e. The van der Waals surface area contributed by atoms with Gasteiger partial charge >= 0.3 is 0 Å². The quantitative estimate of drug-likeness (QED) is 0.680. The van der Waals surface area contributed by atoms with Gasteiger partial charge in [-0.1, -0.05) is 23.4 Å². The first-order chi connectivity index (χ1) is 13.7. The first kappa shape index (κ1) is 18.2. The molecule has 7 heteroatoms. The number of carbonyl (C=O) groups excluding carboxylic acids is 1. The summed E-state index contributed by atoms with van der Waals surface area (Å²) in [5.41, 5.74) is 1.87. The third kappa shape index (κ3) is 4.19. The van der Waals surface area contributed by atoms with Gasteiger partial charge in [-0.3, -0.25) is 4.79 Å². The molecule has 2 aromatic carbocycles. The van der Waals surface area contributed by atoms with Crippen molar-refractivity contribution in [3.63, 3.8) is 0 Å². The van der Waals surface area contributed by atoms with Gasteiger partial charge in [-0.2, -0.15) is 4.98 Å². The minimum Gasteiger partial charge on any atom is -0.368 e. The maximum absolute atomic E-state index is 13.0. The van der Waals surface area contributed by atoms with Gasteiger partial charge in [-0.05, 0) is 36.4 Å². The fourth-order valence-electron chi connectivity index (χ4n) is 3.30. The zero-order valence-corrected chi connectivity index (χ0v) is 15.4. The van der Waals surface area contributed by atoms with Crippen molar-refractivity contribution in [3.8, 4) is 11.4 Å². The van der Waals surface area contributed by atoms with Crippen LogP contribution in [0.25, 0.3) is 11.4 Å². The van der Waals surface area contributed by atoms with Crippen molar-refractivity contribution in [1.29, 1.82) is 0 Å². The molecule has 0 N–H and O–H groups in total. The van der Waals surface area contributed by atoms with Crippen molar-refractivity contribution in [2.75, 3.05) is 31.1 Å². The minimum absolute atomic E-state index is 0.0919. The molecule has 1 fully saturated rings. The second kappa shape index (κ2) is 8.21. The van der Waals surface area contributed by atoms with Gasteiger partial charge in [0.2, 0.25) is 17.6 Å². The summed E-state index contributed by atoms with van der Waals surface area (Å²) in [7, 11) is 0. The Morgan fingerprint density at radius 2 is 1.71 bits per heavy atom. The molecule has 0 unspecified atom stereocenters. The van der Waals surface area contributed by atoms with E-state index in [1.807, 2.05) is 23.1 Å². The van der Waals surface area contributed by atoms with Gasteiger partial charge in [0.1, 0.15) is 5.82 Å². The van der Waals surface area contributed by atoms with E-state index in [0.29, 0.717) is 43.2 Å². The molecule has 0 atom stereocenters. The average molecular weight is 380 g/mol. The highest BCUT2D eigenvalue weighted by Crippen LogP contribution is 2.18. The summed E-state index contributed by atoms with van der Waals surface area (Å²) in [4.78, 5) is 21.0. The van der Waals surface area contributed by atoms with Crippen LogP contribution in [0.3, 0.4) is 0 Å². The molecule has 2 heterocycles. The Morgan fingerprint density at radius 3 is 2.43 bits per heavy atom. The zero-order valence-electron chi connectivity index (χ0n) is 15.4. The van der Waals surface area contributed by atoms with Gasteiger partial charge in [0.15, 0.2) is 0 Å². The molecule has 0 aliphatic carbocycles. The lowest BCUT2D eigenvalue weighted by Crippen LogP contribution is -2.48. The number of rotatable bonds is 5. The highest BCUT2D eigenvalue weighted by atomic mass is 19.1. The molecule has 4 rings (SSSR count). The number of benzene rings is 2. The van der Waals surface area contributed by atoms with E-state index in [1.54, 1.807) is 12.1 Å². The summed E-state index contributed by atoms with van der Waals surface area (Å²) < 4.78 is 18.2. The van der Waals surface area contributed by atoms with Gasteiger partial charge in [-0.25, -0.2) is 4.39 Å². The molecule has 144 valence electrons. The van der Waals surface area contributed by atoms with E-state index >= 15 is 0 Å². The van der Waals surface area contributed by atoms with E-state index in [9.17, 15) is 9.18 Å². The van der Waals surface area contributed by atoms with E-state index in [2.05, 4.69) is 27.2 Å². The first-order valence-corrected chi connectivity index (χ1v) is 9.35. The van der Waals surface area contributed by atoms with Crippen molar-refractivity contribution < 1.29 is 13.7 Å². The molecule has 0 radical (unpaired) electrons. The van der Waals surface area contributed by atoms with Crippen LogP contribution in [0.15, 0.2) is 59.1 Å². The standard InChI is InChI=1S/C21H21FN4O2/c22-17-8-6-16(7-9-17)21-23-19(28-24-21)10-11-20(27)26-14-12-25(13-15-26)18-4-2-1-3-5-18/h1-9H,10-15H2. The number of halogens is 1. The summed E-state index contributed by atoms with van der Waals surface area (Å²) in [6.07, 6.45) is 0.725. The van der Waals surface area contributed by atoms with E-state index in [1.165, 1.54) is 17.8 Å². The molecule has 28 heavy (non-hydrogen) atoms. The molecular weight excluding hydrogens is 359 g/mol. The number of nitrogens with zero attached hydrogens (tertiary/aromatic N) is 4. The van der Waals surface area contributed by atoms with Crippen molar-refractivity contribution in [2.24, 2.45) is 0 Å². The monoisotopic (exact) mass is 380 g/mol. The average Bonchev–Trinajstić information content (AvgIpc) is 3.22. The molecular formula is C21H21FN4O2. The molecule has 1 aliphatic rings. The second-order valence-corrected chi connectivity index (χ2v) is 6.72. The van der Waals surface area contributed by atoms with Crippen molar-refractivity contribution in [2.45, 2.75) is 12.8 Å². The van der Waals surface area contributed by atoms with Crippen LogP contribution >= 0.6 is 0 Å². The number of aromatic nitrogens is 2. The Bertz CT molecular complexity index is 919. The fourth-order valence-corrected chi connectivity index (χ4v) is 3.30. The van der Waals surface area contributed by atoms with Crippen molar-refractivity contribution in [1.82, 2.24) is 15.0 Å². The third-order valence-electron chi connectivity index (χ3n) is 4.88. The lowest BCUT2D eigenvalue weighted by molar-refractivity contribution is -0.131. The lowest BCUT2D eigenvalue weighted by atomic mass is 10.2. The summed E-state index contributed by atoms with van der Waals surface area (Å²) in [5.74, 6) is 0.592. The lowest BCUT2D eigenvalue weighted by Gasteiger charge is -2.36. The topological polar surface area (TPSA) is 62.5 Å². The summed E-state index contributed by atoms with van der Waals surface area (Å²) in [6, 6.07) is 16.1. The largest absolute Gasteiger partial charge is 0.368 e. The Kier molecular flexibility index (Phi) is 5.32. The van der Waals surface area contributed by atoms with Gasteiger partial charge in [0, 0.05) is 50.3 Å². The molecule has 1 amide bonds.